The third-order valence-electron chi connectivity index (χ3n) is 4.70. The van der Waals surface area contributed by atoms with Crippen molar-refractivity contribution in [1.82, 2.24) is 19.7 Å². The number of H-pyrrole nitrogens is 1. The van der Waals surface area contributed by atoms with Gasteiger partial charge >= 0.3 is 0 Å². The number of nitrogens with one attached hydrogen (secondary N) is 1. The van der Waals surface area contributed by atoms with Gasteiger partial charge in [0.25, 0.3) is 11.5 Å². The maximum absolute atomic E-state index is 12.7. The molecule has 25 heavy (non-hydrogen) atoms. The van der Waals surface area contributed by atoms with Gasteiger partial charge in [-0.05, 0) is 43.0 Å². The maximum Gasteiger partial charge on any atom is 0.271 e. The minimum Gasteiger partial charge on any atom is -0.335 e. The van der Waals surface area contributed by atoms with E-state index in [2.05, 4.69) is 16.8 Å². The molecule has 1 aliphatic heterocycles. The Hall–Kier alpha value is -2.63. The average molecular weight is 340 g/mol. The Morgan fingerprint density at radius 2 is 2.20 bits per heavy atom. The molecule has 1 amide bonds. The van der Waals surface area contributed by atoms with Crippen molar-refractivity contribution in [3.8, 4) is 0 Å². The normalized spacial score (nSPS) is 17.3. The first-order valence-electron chi connectivity index (χ1n) is 8.60. The molecular weight excluding hydrogens is 316 g/mol. The van der Waals surface area contributed by atoms with E-state index in [9.17, 15) is 9.59 Å². The Balaban J connectivity index is 1.77. The number of aromatic nitrogens is 3. The van der Waals surface area contributed by atoms with Gasteiger partial charge in [-0.25, -0.2) is 0 Å². The van der Waals surface area contributed by atoms with Crippen molar-refractivity contribution >= 4 is 11.5 Å². The number of nitrogens with zero attached hydrogens (tertiary/aromatic N) is 3. The van der Waals surface area contributed by atoms with Gasteiger partial charge in [-0.2, -0.15) is 5.10 Å². The van der Waals surface area contributed by atoms with E-state index in [-0.39, 0.29) is 23.4 Å². The summed E-state index contributed by atoms with van der Waals surface area (Å²) in [6, 6.07) is 5.45. The number of hydrogen-bond donors (Lipinski definition) is 1. The molecule has 1 N–H and O–H groups in total. The van der Waals surface area contributed by atoms with Gasteiger partial charge in [0.2, 0.25) is 0 Å². The predicted octanol–water partition coefficient (Wildman–Crippen LogP) is 2.82. The Labute approximate surface area is 147 Å². The highest BCUT2D eigenvalue weighted by molar-refractivity contribution is 5.92. The second-order valence-corrected chi connectivity index (χ2v) is 6.97. The molecule has 1 saturated heterocycles. The number of amides is 1. The molecule has 1 fully saturated rings. The first kappa shape index (κ1) is 17.2. The summed E-state index contributed by atoms with van der Waals surface area (Å²) in [7, 11) is 0. The molecule has 3 heterocycles. The van der Waals surface area contributed by atoms with Gasteiger partial charge < -0.3 is 9.47 Å². The summed E-state index contributed by atoms with van der Waals surface area (Å²) in [5.41, 5.74) is 2.72. The van der Waals surface area contributed by atoms with Crippen LogP contribution in [-0.2, 0) is 0 Å². The summed E-state index contributed by atoms with van der Waals surface area (Å²) < 4.78 is 1.73. The summed E-state index contributed by atoms with van der Waals surface area (Å²) in [6.07, 6.45) is 2.55. The van der Waals surface area contributed by atoms with Crippen LogP contribution in [0.3, 0.4) is 0 Å². The molecule has 2 aromatic heterocycles. The van der Waals surface area contributed by atoms with Crippen molar-refractivity contribution in [3.05, 3.63) is 58.3 Å². The van der Waals surface area contributed by atoms with Gasteiger partial charge in [0.1, 0.15) is 5.69 Å². The van der Waals surface area contributed by atoms with Gasteiger partial charge in [0.05, 0.1) is 11.7 Å². The third-order valence-corrected chi connectivity index (χ3v) is 4.70. The minimum absolute atomic E-state index is 0.0109. The molecule has 0 radical (unpaired) electrons. The van der Waals surface area contributed by atoms with Crippen LogP contribution < -0.4 is 5.56 Å². The second kappa shape index (κ2) is 6.70. The molecule has 0 aromatic carbocycles. The van der Waals surface area contributed by atoms with Crippen LogP contribution in [0.2, 0.25) is 0 Å². The number of likely N-dealkylation sites (tertiary alicyclic amines) is 1. The van der Waals surface area contributed by atoms with Crippen molar-refractivity contribution in [2.24, 2.45) is 0 Å². The van der Waals surface area contributed by atoms with Gasteiger partial charge in [-0.1, -0.05) is 20.4 Å². The molecule has 0 bridgehead atoms. The van der Waals surface area contributed by atoms with Crippen molar-refractivity contribution < 1.29 is 4.79 Å². The molecule has 1 aliphatic rings. The Kier molecular flexibility index (Phi) is 4.61. The zero-order valence-electron chi connectivity index (χ0n) is 15.0. The quantitative estimate of drug-likeness (QED) is 0.930. The highest BCUT2D eigenvalue weighted by Gasteiger charge is 2.29. The van der Waals surface area contributed by atoms with Gasteiger partial charge in [-0.3, -0.25) is 14.7 Å². The van der Waals surface area contributed by atoms with Crippen LogP contribution in [0.4, 0.5) is 0 Å². The Morgan fingerprint density at radius 1 is 1.44 bits per heavy atom. The number of rotatable bonds is 4. The molecule has 6 nitrogen and oxygen atoms in total. The smallest absolute Gasteiger partial charge is 0.271 e. The first-order chi connectivity index (χ1) is 11.9. The summed E-state index contributed by atoms with van der Waals surface area (Å²) in [6.45, 7) is 10.9. The van der Waals surface area contributed by atoms with Crippen molar-refractivity contribution in [3.63, 3.8) is 0 Å². The van der Waals surface area contributed by atoms with E-state index in [0.29, 0.717) is 24.3 Å². The van der Waals surface area contributed by atoms with Crippen LogP contribution >= 0.6 is 0 Å². The fraction of sp³-hybridized carbons (Fsp3) is 0.421. The molecule has 0 spiro atoms. The van der Waals surface area contributed by atoms with Crippen LogP contribution in [0, 0.1) is 0 Å². The van der Waals surface area contributed by atoms with Gasteiger partial charge in [-0.15, -0.1) is 0 Å². The molecule has 6 heteroatoms. The largest absolute Gasteiger partial charge is 0.335 e. The average Bonchev–Trinajstić information content (AvgIpc) is 3.24. The molecule has 3 rings (SSSR count). The number of aromatic amines is 1. The lowest BCUT2D eigenvalue weighted by atomic mass is 10.1. The number of carbonyl (C=O) groups excluding carboxylic acids is 1. The number of hydrogen-bond acceptors (Lipinski definition) is 3. The second-order valence-electron chi connectivity index (χ2n) is 6.97. The molecular formula is C19H24N4O2. The highest BCUT2D eigenvalue weighted by Crippen LogP contribution is 2.23. The van der Waals surface area contributed by atoms with Gasteiger partial charge in [0, 0.05) is 24.8 Å². The van der Waals surface area contributed by atoms with E-state index < -0.39 is 0 Å². The molecule has 1 atom stereocenters. The van der Waals surface area contributed by atoms with E-state index in [1.165, 1.54) is 0 Å². The van der Waals surface area contributed by atoms with E-state index >= 15 is 0 Å². The van der Waals surface area contributed by atoms with Crippen molar-refractivity contribution in [2.75, 3.05) is 13.1 Å². The lowest BCUT2D eigenvalue weighted by Crippen LogP contribution is -2.32. The summed E-state index contributed by atoms with van der Waals surface area (Å²) >= 11 is 0. The first-order valence-corrected chi connectivity index (χ1v) is 8.60. The molecule has 2 aromatic rings. The Morgan fingerprint density at radius 3 is 2.84 bits per heavy atom. The standard InChI is InChI=1S/C19H24N4O2/c1-12(2)15-6-5-8-23(18(15)24)14-7-9-22(11-14)19(25)17-10-16(13(3)4)20-21-17/h5-6,8,10,13-14H,1,7,9,11H2,2-4H3,(H,20,21). The van der Waals surface area contributed by atoms with Crippen LogP contribution in [0.1, 0.15) is 60.9 Å². The van der Waals surface area contributed by atoms with Crippen molar-refractivity contribution in [2.45, 2.75) is 39.2 Å². The number of carbonyl (C=O) groups is 1. The molecule has 1 unspecified atom stereocenters. The number of pyridine rings is 1. The Bertz CT molecular complexity index is 862. The molecule has 0 saturated carbocycles. The van der Waals surface area contributed by atoms with Crippen LogP contribution in [0.25, 0.3) is 5.57 Å². The minimum atomic E-state index is -0.0639. The van der Waals surface area contributed by atoms with E-state index in [1.54, 1.807) is 21.7 Å². The van der Waals surface area contributed by atoms with Crippen LogP contribution in [0.15, 0.2) is 35.8 Å². The third kappa shape index (κ3) is 3.29. The zero-order chi connectivity index (χ0) is 18.1. The highest BCUT2D eigenvalue weighted by atomic mass is 16.2. The molecule has 132 valence electrons. The van der Waals surface area contributed by atoms with Crippen molar-refractivity contribution in [1.29, 1.82) is 0 Å². The fourth-order valence-electron chi connectivity index (χ4n) is 3.19. The zero-order valence-corrected chi connectivity index (χ0v) is 15.0. The predicted molar refractivity (Wildman–Crippen MR) is 97.6 cm³/mol. The SMILES string of the molecule is C=C(C)c1cccn(C2CCN(C(=O)c3cc(C(C)C)n[nH]3)C2)c1=O. The van der Waals surface area contributed by atoms with E-state index in [1.807, 2.05) is 32.9 Å². The lowest BCUT2D eigenvalue weighted by Gasteiger charge is -2.17. The van der Waals surface area contributed by atoms with Crippen LogP contribution in [0.5, 0.6) is 0 Å². The molecule has 0 aliphatic carbocycles. The van der Waals surface area contributed by atoms with Crippen LogP contribution in [-0.4, -0.2) is 38.7 Å². The fourth-order valence-corrected chi connectivity index (χ4v) is 3.19. The summed E-state index contributed by atoms with van der Waals surface area (Å²) in [4.78, 5) is 27.1. The topological polar surface area (TPSA) is 71.0 Å². The van der Waals surface area contributed by atoms with E-state index in [0.717, 1.165) is 17.7 Å². The monoisotopic (exact) mass is 340 g/mol. The van der Waals surface area contributed by atoms with Gasteiger partial charge in [0.15, 0.2) is 0 Å². The lowest BCUT2D eigenvalue weighted by molar-refractivity contribution is 0.0781. The maximum atomic E-state index is 12.7. The van der Waals surface area contributed by atoms with E-state index in [4.69, 9.17) is 0 Å². The summed E-state index contributed by atoms with van der Waals surface area (Å²) in [5, 5.41) is 7.03. The number of allylic oxidation sites excluding steroid dienone is 1. The summed E-state index contributed by atoms with van der Waals surface area (Å²) in [5.74, 6) is 0.207.